The van der Waals surface area contributed by atoms with Gasteiger partial charge in [0.2, 0.25) is 0 Å². The first-order valence-corrected chi connectivity index (χ1v) is 32.2. The Morgan fingerprint density at radius 2 is 0.465 bits per heavy atom. The molecule has 0 spiro atoms. The second-order valence-electron chi connectivity index (χ2n) is 22.0. The van der Waals surface area contributed by atoms with Gasteiger partial charge in [-0.2, -0.15) is 0 Å². The Hall–Kier alpha value is -1.85. The Morgan fingerprint density at radius 3 is 0.704 bits per heavy atom. The van der Waals surface area contributed by atoms with Crippen molar-refractivity contribution in [3.8, 4) is 0 Å². The summed E-state index contributed by atoms with van der Waals surface area (Å²) in [5, 5.41) is 0. The SMILES string of the molecule is CCCCCCCC/C=C\CCCCCCCC(=O)OC(COC(=O)CCCCCCC)COC(=O)CCCCCCCCCCCCCCCCCCCCCCCCCCCCCCCCCCC. The van der Waals surface area contributed by atoms with E-state index in [1.54, 1.807) is 0 Å². The topological polar surface area (TPSA) is 78.9 Å². The molecule has 420 valence electrons. The standard InChI is InChI=1S/C65H124O6/c1-4-7-10-13-15-17-19-21-23-24-25-26-27-28-29-30-31-32-33-34-35-36-37-38-39-40-42-43-45-47-49-52-55-58-64(67)70-61-62(60-69-63(66)57-54-51-12-9-6-3)71-65(68)59-56-53-50-48-46-44-41-22-20-18-16-14-11-8-5-2/h22,41,62H,4-21,23-40,42-61H2,1-3H3/b41-22-. The lowest BCUT2D eigenvalue weighted by molar-refractivity contribution is -0.167. The van der Waals surface area contributed by atoms with Crippen LogP contribution in [0.4, 0.5) is 0 Å². The molecule has 0 aromatic rings. The van der Waals surface area contributed by atoms with Crippen LogP contribution in [-0.2, 0) is 28.6 Å². The van der Waals surface area contributed by atoms with Gasteiger partial charge in [0.25, 0.3) is 0 Å². The molecule has 0 aliphatic rings. The summed E-state index contributed by atoms with van der Waals surface area (Å²) in [6, 6.07) is 0. The molecular weight excluding hydrogens is 877 g/mol. The quantitative estimate of drug-likeness (QED) is 0.0261. The molecule has 0 aromatic carbocycles. The maximum atomic E-state index is 12.8. The van der Waals surface area contributed by atoms with Gasteiger partial charge in [-0.1, -0.05) is 315 Å². The zero-order valence-electron chi connectivity index (χ0n) is 48.3. The van der Waals surface area contributed by atoms with E-state index in [9.17, 15) is 14.4 Å². The molecule has 0 fully saturated rings. The smallest absolute Gasteiger partial charge is 0.306 e. The van der Waals surface area contributed by atoms with E-state index in [2.05, 4.69) is 32.9 Å². The van der Waals surface area contributed by atoms with Gasteiger partial charge in [-0.15, -0.1) is 0 Å². The molecule has 0 aromatic heterocycles. The molecule has 1 unspecified atom stereocenters. The predicted octanol–water partition coefficient (Wildman–Crippen LogP) is 21.7. The molecule has 6 heteroatoms. The molecule has 0 amide bonds. The number of carbonyl (C=O) groups is 3. The van der Waals surface area contributed by atoms with E-state index in [0.29, 0.717) is 19.3 Å². The Balaban J connectivity index is 3.84. The molecule has 0 bridgehead atoms. The molecule has 1 atom stereocenters. The fraction of sp³-hybridized carbons (Fsp3) is 0.923. The highest BCUT2D eigenvalue weighted by atomic mass is 16.6. The third kappa shape index (κ3) is 58.9. The first-order chi connectivity index (χ1) is 35.0. The third-order valence-corrected chi connectivity index (χ3v) is 14.8. The molecule has 0 rings (SSSR count). The summed E-state index contributed by atoms with van der Waals surface area (Å²) in [7, 11) is 0. The number of allylic oxidation sites excluding steroid dienone is 2. The van der Waals surface area contributed by atoms with Crippen molar-refractivity contribution < 1.29 is 28.6 Å². The Bertz CT molecular complexity index is 1100. The lowest BCUT2D eigenvalue weighted by atomic mass is 10.0. The minimum atomic E-state index is -0.767. The minimum absolute atomic E-state index is 0.0691. The summed E-state index contributed by atoms with van der Waals surface area (Å²) in [6.07, 6.45) is 71.6. The van der Waals surface area contributed by atoms with Crippen LogP contribution in [0.15, 0.2) is 12.2 Å². The van der Waals surface area contributed by atoms with Crippen LogP contribution in [0.1, 0.15) is 367 Å². The molecule has 0 aliphatic carbocycles. The Labute approximate surface area is 443 Å². The lowest BCUT2D eigenvalue weighted by Crippen LogP contribution is -2.30. The molecule has 71 heavy (non-hydrogen) atoms. The second kappa shape index (κ2) is 60.7. The van der Waals surface area contributed by atoms with E-state index in [1.165, 1.54) is 257 Å². The average molecular weight is 1000 g/mol. The van der Waals surface area contributed by atoms with Crippen LogP contribution in [0.2, 0.25) is 0 Å². The number of carbonyl (C=O) groups excluding carboxylic acids is 3. The van der Waals surface area contributed by atoms with Gasteiger partial charge in [0.05, 0.1) is 0 Å². The van der Waals surface area contributed by atoms with Gasteiger partial charge in [-0.25, -0.2) is 0 Å². The first kappa shape index (κ1) is 69.2. The maximum absolute atomic E-state index is 12.8. The van der Waals surface area contributed by atoms with E-state index in [-0.39, 0.29) is 31.1 Å². The van der Waals surface area contributed by atoms with Crippen molar-refractivity contribution in [1.82, 2.24) is 0 Å². The summed E-state index contributed by atoms with van der Waals surface area (Å²) in [5.41, 5.74) is 0. The van der Waals surface area contributed by atoms with Crippen LogP contribution in [0.5, 0.6) is 0 Å². The fourth-order valence-corrected chi connectivity index (χ4v) is 9.91. The second-order valence-corrected chi connectivity index (χ2v) is 22.0. The molecule has 0 heterocycles. The number of rotatable bonds is 60. The minimum Gasteiger partial charge on any atom is -0.462 e. The van der Waals surface area contributed by atoms with Crippen molar-refractivity contribution in [1.29, 1.82) is 0 Å². The van der Waals surface area contributed by atoms with Gasteiger partial charge in [-0.3, -0.25) is 14.4 Å². The van der Waals surface area contributed by atoms with Crippen molar-refractivity contribution in [2.75, 3.05) is 13.2 Å². The largest absolute Gasteiger partial charge is 0.462 e. The van der Waals surface area contributed by atoms with E-state index < -0.39 is 6.10 Å². The van der Waals surface area contributed by atoms with Crippen molar-refractivity contribution >= 4 is 17.9 Å². The molecular formula is C65H124O6. The van der Waals surface area contributed by atoms with Crippen molar-refractivity contribution in [2.45, 2.75) is 374 Å². The number of unbranched alkanes of at least 4 members (excludes halogenated alkanes) is 47. The van der Waals surface area contributed by atoms with Gasteiger partial charge in [0, 0.05) is 19.3 Å². The normalized spacial score (nSPS) is 12.0. The summed E-state index contributed by atoms with van der Waals surface area (Å²) < 4.78 is 16.7. The highest BCUT2D eigenvalue weighted by Crippen LogP contribution is 2.18. The van der Waals surface area contributed by atoms with Crippen molar-refractivity contribution in [3.05, 3.63) is 12.2 Å². The van der Waals surface area contributed by atoms with Crippen molar-refractivity contribution in [3.63, 3.8) is 0 Å². The zero-order chi connectivity index (χ0) is 51.4. The molecule has 0 aliphatic heterocycles. The Kier molecular flexibility index (Phi) is 59.1. The molecule has 0 N–H and O–H groups in total. The van der Waals surface area contributed by atoms with Crippen LogP contribution in [0.3, 0.4) is 0 Å². The molecule has 0 saturated heterocycles. The summed E-state index contributed by atoms with van der Waals surface area (Å²) in [5.74, 6) is -0.871. The summed E-state index contributed by atoms with van der Waals surface area (Å²) in [6.45, 7) is 6.60. The third-order valence-electron chi connectivity index (χ3n) is 14.8. The van der Waals surface area contributed by atoms with Crippen LogP contribution in [0, 0.1) is 0 Å². The number of hydrogen-bond donors (Lipinski definition) is 0. The molecule has 6 nitrogen and oxygen atoms in total. The highest BCUT2D eigenvalue weighted by molar-refractivity contribution is 5.71. The van der Waals surface area contributed by atoms with Crippen LogP contribution in [0.25, 0.3) is 0 Å². The number of ether oxygens (including phenoxy) is 3. The number of esters is 3. The first-order valence-electron chi connectivity index (χ1n) is 32.2. The maximum Gasteiger partial charge on any atom is 0.306 e. The van der Waals surface area contributed by atoms with Crippen molar-refractivity contribution in [2.24, 2.45) is 0 Å². The zero-order valence-corrected chi connectivity index (χ0v) is 48.3. The molecule has 0 radical (unpaired) electrons. The van der Waals surface area contributed by atoms with E-state index >= 15 is 0 Å². The summed E-state index contributed by atoms with van der Waals surface area (Å²) in [4.78, 5) is 37.8. The summed E-state index contributed by atoms with van der Waals surface area (Å²) >= 11 is 0. The van der Waals surface area contributed by atoms with Crippen LogP contribution >= 0.6 is 0 Å². The van der Waals surface area contributed by atoms with Gasteiger partial charge >= 0.3 is 17.9 Å². The monoisotopic (exact) mass is 1000 g/mol. The van der Waals surface area contributed by atoms with Gasteiger partial charge in [0.15, 0.2) is 6.10 Å². The average Bonchev–Trinajstić information content (AvgIpc) is 3.37. The number of hydrogen-bond acceptors (Lipinski definition) is 6. The van der Waals surface area contributed by atoms with Gasteiger partial charge < -0.3 is 14.2 Å². The predicted molar refractivity (Wildman–Crippen MR) is 307 cm³/mol. The van der Waals surface area contributed by atoms with Crippen LogP contribution in [-0.4, -0.2) is 37.2 Å². The fourth-order valence-electron chi connectivity index (χ4n) is 9.91. The van der Waals surface area contributed by atoms with E-state index in [1.807, 2.05) is 0 Å². The molecule has 0 saturated carbocycles. The van der Waals surface area contributed by atoms with E-state index in [0.717, 1.165) is 70.6 Å². The lowest BCUT2D eigenvalue weighted by Gasteiger charge is -2.18. The van der Waals surface area contributed by atoms with Gasteiger partial charge in [0.1, 0.15) is 13.2 Å². The Morgan fingerprint density at radius 1 is 0.268 bits per heavy atom. The van der Waals surface area contributed by atoms with Gasteiger partial charge in [-0.05, 0) is 44.9 Å². The highest BCUT2D eigenvalue weighted by Gasteiger charge is 2.19. The van der Waals surface area contributed by atoms with Crippen LogP contribution < -0.4 is 0 Å². The van der Waals surface area contributed by atoms with E-state index in [4.69, 9.17) is 14.2 Å².